The Bertz CT molecular complexity index is 1070. The Balaban J connectivity index is -0.000000592. The van der Waals surface area contributed by atoms with Gasteiger partial charge in [-0.2, -0.15) is 22.0 Å². The third-order valence-electron chi connectivity index (χ3n) is 3.63. The zero-order chi connectivity index (χ0) is 30.8. The summed E-state index contributed by atoms with van der Waals surface area (Å²) in [5.74, 6) is -0.274. The predicted molar refractivity (Wildman–Crippen MR) is 148 cm³/mol. The summed E-state index contributed by atoms with van der Waals surface area (Å²) in [5.41, 5.74) is 1.78. The molecule has 1 heterocycles. The van der Waals surface area contributed by atoms with Crippen LogP contribution in [-0.4, -0.2) is 87.6 Å². The average molecular weight is 679 g/mol. The molecule has 0 aliphatic carbocycles. The minimum Gasteiger partial charge on any atom is -0.786 e. The predicted octanol–water partition coefficient (Wildman–Crippen LogP) is 0.464. The van der Waals surface area contributed by atoms with Crippen LogP contribution in [0.2, 0.25) is 5.15 Å². The first kappa shape index (κ1) is 44.0. The molecular weight excluding hydrogens is 648 g/mol. The van der Waals surface area contributed by atoms with E-state index in [2.05, 4.69) is 18.6 Å². The van der Waals surface area contributed by atoms with Crippen LogP contribution in [0.15, 0.2) is 24.3 Å². The molecule has 0 bridgehead atoms. The van der Waals surface area contributed by atoms with Crippen molar-refractivity contribution in [3.63, 3.8) is 0 Å². The maximum absolute atomic E-state index is 12.4. The molecule has 0 fully saturated rings. The van der Waals surface area contributed by atoms with Crippen LogP contribution in [0.3, 0.4) is 0 Å². The number of nitriles is 1. The summed E-state index contributed by atoms with van der Waals surface area (Å²) in [5, 5.41) is 9.09. The number of hydrogen-bond donors (Lipinski definition) is 3. The van der Waals surface area contributed by atoms with Crippen LogP contribution in [0.1, 0.15) is 32.2 Å². The van der Waals surface area contributed by atoms with Gasteiger partial charge in [-0.1, -0.05) is 41.4 Å². The first-order chi connectivity index (χ1) is 18.1. The van der Waals surface area contributed by atoms with E-state index in [9.17, 15) is 23.1 Å². The van der Waals surface area contributed by atoms with Gasteiger partial charge >= 0.3 is 27.6 Å². The quantitative estimate of drug-likeness (QED) is 0.242. The SMILES string of the molecule is CCOP([O-])O.CCOP([O-])O.CCOP([O-])O.Cc1ccc(-c2c(Cl)nc(C#N)n2S(=O)(=O)N(C)C)cc1.[Al+3]. The molecule has 15 nitrogen and oxygen atoms in total. The van der Waals surface area contributed by atoms with Gasteiger partial charge in [-0.25, -0.2) is 4.98 Å². The molecule has 0 amide bonds. The van der Waals surface area contributed by atoms with E-state index >= 15 is 0 Å². The second kappa shape index (κ2) is 24.1. The average Bonchev–Trinajstić information content (AvgIpc) is 3.17. The minimum atomic E-state index is -3.91. The van der Waals surface area contributed by atoms with Gasteiger partial charge in [0.15, 0.2) is 5.15 Å². The van der Waals surface area contributed by atoms with E-state index in [1.54, 1.807) is 39.0 Å². The van der Waals surface area contributed by atoms with E-state index in [0.29, 0.717) is 25.4 Å². The summed E-state index contributed by atoms with van der Waals surface area (Å²) < 4.78 is 39.0. The molecule has 1 aromatic carbocycles. The number of rotatable bonds is 9. The number of aryl methyl sites for hydroxylation is 1. The number of benzene rings is 1. The number of halogens is 1. The molecule has 0 saturated heterocycles. The zero-order valence-electron chi connectivity index (χ0n) is 22.5. The van der Waals surface area contributed by atoms with Crippen molar-refractivity contribution in [2.75, 3.05) is 33.9 Å². The molecule has 40 heavy (non-hydrogen) atoms. The molecule has 21 heteroatoms. The fourth-order valence-electron chi connectivity index (χ4n) is 2.12. The van der Waals surface area contributed by atoms with Crippen molar-refractivity contribution >= 4 is 65.0 Å². The van der Waals surface area contributed by atoms with Gasteiger partial charge in [0.05, 0.1) is 25.8 Å². The van der Waals surface area contributed by atoms with Crippen LogP contribution in [0.4, 0.5) is 0 Å². The Labute approximate surface area is 253 Å². The van der Waals surface area contributed by atoms with Gasteiger partial charge in [0.2, 0.25) is 5.82 Å². The summed E-state index contributed by atoms with van der Waals surface area (Å²) in [6, 6.07) is 8.90. The van der Waals surface area contributed by atoms with Crippen molar-refractivity contribution in [1.82, 2.24) is 13.3 Å². The van der Waals surface area contributed by atoms with Crippen molar-refractivity contribution in [2.24, 2.45) is 0 Å². The Morgan fingerprint density at radius 2 is 1.35 bits per heavy atom. The summed E-state index contributed by atoms with van der Waals surface area (Å²) in [4.78, 5) is 55.9. The first-order valence-corrected chi connectivity index (χ1v) is 15.8. The molecule has 3 unspecified atom stereocenters. The Morgan fingerprint density at radius 1 is 0.975 bits per heavy atom. The number of hydrogen-bond acceptors (Lipinski definition) is 13. The van der Waals surface area contributed by atoms with Crippen molar-refractivity contribution < 1.29 is 51.3 Å². The van der Waals surface area contributed by atoms with Crippen LogP contribution in [0.5, 0.6) is 0 Å². The molecule has 1 aromatic heterocycles. The molecule has 2 aromatic rings. The second-order valence-electron chi connectivity index (χ2n) is 6.57. The van der Waals surface area contributed by atoms with Crippen LogP contribution in [-0.2, 0) is 23.8 Å². The molecule has 0 saturated carbocycles. The molecule has 224 valence electrons. The van der Waals surface area contributed by atoms with E-state index < -0.39 is 36.0 Å². The van der Waals surface area contributed by atoms with Gasteiger partial charge < -0.3 is 42.9 Å². The van der Waals surface area contributed by atoms with Crippen molar-refractivity contribution in [3.05, 3.63) is 40.8 Å². The van der Waals surface area contributed by atoms with Crippen LogP contribution < -0.4 is 14.7 Å². The molecule has 3 atom stereocenters. The van der Waals surface area contributed by atoms with Crippen LogP contribution in [0, 0.1) is 18.3 Å². The van der Waals surface area contributed by atoms with E-state index in [-0.39, 0.29) is 34.0 Å². The zero-order valence-corrected chi connectivity index (χ0v) is 27.9. The van der Waals surface area contributed by atoms with Gasteiger partial charge in [0.25, 0.3) is 0 Å². The van der Waals surface area contributed by atoms with Crippen molar-refractivity contribution in [3.8, 4) is 17.3 Å². The van der Waals surface area contributed by atoms with E-state index in [4.69, 9.17) is 31.5 Å². The monoisotopic (exact) mass is 678 g/mol. The van der Waals surface area contributed by atoms with Crippen molar-refractivity contribution in [1.29, 1.82) is 5.26 Å². The van der Waals surface area contributed by atoms with Gasteiger partial charge in [-0.3, -0.25) is 0 Å². The Hall–Kier alpha value is -0.418. The molecular formula is C19H31AlClN4O11P3S. The molecule has 0 aliphatic heterocycles. The van der Waals surface area contributed by atoms with Gasteiger partial charge in [-0.15, -0.1) is 0 Å². The molecule has 0 spiro atoms. The Kier molecular flexibility index (Phi) is 26.5. The van der Waals surface area contributed by atoms with Gasteiger partial charge in [-0.05, 0) is 27.7 Å². The number of imidazole rings is 1. The third kappa shape index (κ3) is 18.2. The summed E-state index contributed by atoms with van der Waals surface area (Å²) in [7, 11) is -8.20. The fraction of sp³-hybridized carbons (Fsp3) is 0.474. The normalized spacial score (nSPS) is 12.6. The van der Waals surface area contributed by atoms with Gasteiger partial charge in [0.1, 0.15) is 11.8 Å². The first-order valence-electron chi connectivity index (χ1n) is 10.7. The number of nitrogens with zero attached hydrogens (tertiary/aromatic N) is 4. The van der Waals surface area contributed by atoms with E-state index in [0.717, 1.165) is 13.8 Å². The minimum absolute atomic E-state index is 0. The standard InChI is InChI=1S/C13H13ClN4O2S.3C2H6O3P.Al/c1-9-4-6-10(7-5-9)12-13(14)16-11(8-15)18(12)21(19,20)17(2)3;3*1-2-5-6(3)4;/h4-7H,1-3H3;3*3H,2H2,1H3;/q;3*-1;+3. The van der Waals surface area contributed by atoms with Gasteiger partial charge in [0, 0.05) is 39.5 Å². The summed E-state index contributed by atoms with van der Waals surface area (Å²) >= 11 is 6.05. The van der Waals surface area contributed by atoms with Crippen LogP contribution >= 0.6 is 37.4 Å². The number of aromatic nitrogens is 2. The maximum atomic E-state index is 12.4. The van der Waals surface area contributed by atoms with E-state index in [1.165, 1.54) is 14.1 Å². The largest absolute Gasteiger partial charge is 3.00 e. The van der Waals surface area contributed by atoms with E-state index in [1.807, 2.05) is 19.1 Å². The summed E-state index contributed by atoms with van der Waals surface area (Å²) in [6.07, 6.45) is 0. The molecule has 0 radical (unpaired) electrons. The summed E-state index contributed by atoms with van der Waals surface area (Å²) in [6.45, 7) is 7.78. The third-order valence-corrected chi connectivity index (χ3v) is 7.07. The Morgan fingerprint density at radius 3 is 1.60 bits per heavy atom. The smallest absolute Gasteiger partial charge is 0.786 e. The molecule has 2 rings (SSSR count). The maximum Gasteiger partial charge on any atom is 3.00 e. The molecule has 3 N–H and O–H groups in total. The fourth-order valence-corrected chi connectivity index (χ4v) is 4.15. The van der Waals surface area contributed by atoms with Crippen molar-refractivity contribution in [2.45, 2.75) is 27.7 Å². The second-order valence-corrected chi connectivity index (χ2v) is 11.1. The topological polar surface area (TPSA) is 237 Å². The van der Waals surface area contributed by atoms with Crippen LogP contribution in [0.25, 0.3) is 11.3 Å². The molecule has 0 aliphatic rings.